The summed E-state index contributed by atoms with van der Waals surface area (Å²) in [6.07, 6.45) is 3.63. The number of nitrogens with two attached hydrogens (primary N) is 1. The maximum Gasteiger partial charge on any atom is 0.0796 e. The van der Waals surface area contributed by atoms with Gasteiger partial charge < -0.3 is 5.73 Å². The van der Waals surface area contributed by atoms with Crippen molar-refractivity contribution in [1.82, 2.24) is 4.98 Å². The van der Waals surface area contributed by atoms with Crippen molar-refractivity contribution in [3.8, 4) is 0 Å². The van der Waals surface area contributed by atoms with Crippen LogP contribution in [0.3, 0.4) is 0 Å². The SMILES string of the molecule is CC(C)=CC(N)c1ncccc1Cl. The summed E-state index contributed by atoms with van der Waals surface area (Å²) in [5.74, 6) is 0. The first-order chi connectivity index (χ1) is 6.11. The molecule has 0 amide bonds. The van der Waals surface area contributed by atoms with Crippen LogP contribution < -0.4 is 5.73 Å². The molecule has 0 fully saturated rings. The first-order valence-corrected chi connectivity index (χ1v) is 4.50. The Bertz CT molecular complexity index is 316. The normalized spacial score (nSPS) is 12.3. The maximum absolute atomic E-state index is 5.93. The van der Waals surface area contributed by atoms with Crippen molar-refractivity contribution in [3.63, 3.8) is 0 Å². The highest BCUT2D eigenvalue weighted by atomic mass is 35.5. The zero-order valence-electron chi connectivity index (χ0n) is 7.79. The second-order valence-electron chi connectivity index (χ2n) is 3.14. The van der Waals surface area contributed by atoms with Crippen LogP contribution in [0.25, 0.3) is 0 Å². The lowest BCUT2D eigenvalue weighted by Gasteiger charge is -2.08. The van der Waals surface area contributed by atoms with E-state index >= 15 is 0 Å². The molecule has 1 heterocycles. The van der Waals surface area contributed by atoms with Gasteiger partial charge in [-0.05, 0) is 26.0 Å². The Morgan fingerprint density at radius 3 is 2.85 bits per heavy atom. The molecule has 70 valence electrons. The fourth-order valence-corrected chi connectivity index (χ4v) is 1.33. The van der Waals surface area contributed by atoms with Gasteiger partial charge in [0.05, 0.1) is 16.8 Å². The molecule has 0 spiro atoms. The van der Waals surface area contributed by atoms with E-state index in [9.17, 15) is 0 Å². The lowest BCUT2D eigenvalue weighted by Crippen LogP contribution is -2.09. The Morgan fingerprint density at radius 2 is 2.31 bits per heavy atom. The number of nitrogens with zero attached hydrogens (tertiary/aromatic N) is 1. The van der Waals surface area contributed by atoms with Crippen LogP contribution >= 0.6 is 11.6 Å². The number of rotatable bonds is 2. The largest absolute Gasteiger partial charge is 0.319 e. The predicted octanol–water partition coefficient (Wildman–Crippen LogP) is 2.70. The number of allylic oxidation sites excluding steroid dienone is 1. The van der Waals surface area contributed by atoms with Gasteiger partial charge in [-0.15, -0.1) is 0 Å². The molecule has 2 N–H and O–H groups in total. The summed E-state index contributed by atoms with van der Waals surface area (Å²) in [5, 5.41) is 0.618. The molecule has 1 rings (SSSR count). The highest BCUT2D eigenvalue weighted by molar-refractivity contribution is 6.31. The van der Waals surface area contributed by atoms with E-state index in [1.54, 1.807) is 18.3 Å². The average Bonchev–Trinajstić information content (AvgIpc) is 2.03. The van der Waals surface area contributed by atoms with Crippen LogP contribution in [0.4, 0.5) is 0 Å². The second-order valence-corrected chi connectivity index (χ2v) is 3.55. The van der Waals surface area contributed by atoms with Gasteiger partial charge in [0.1, 0.15) is 0 Å². The van der Waals surface area contributed by atoms with E-state index in [0.29, 0.717) is 5.02 Å². The van der Waals surface area contributed by atoms with Crippen molar-refractivity contribution < 1.29 is 0 Å². The van der Waals surface area contributed by atoms with Crippen LogP contribution in [0.1, 0.15) is 25.6 Å². The number of halogens is 1. The number of hydrogen-bond donors (Lipinski definition) is 1. The van der Waals surface area contributed by atoms with Gasteiger partial charge in [0.2, 0.25) is 0 Å². The summed E-state index contributed by atoms with van der Waals surface area (Å²) in [5.41, 5.74) is 7.76. The molecule has 0 bridgehead atoms. The van der Waals surface area contributed by atoms with Crippen LogP contribution in [0, 0.1) is 0 Å². The molecule has 0 saturated heterocycles. The van der Waals surface area contributed by atoms with E-state index in [4.69, 9.17) is 17.3 Å². The molecule has 0 aliphatic carbocycles. The number of aromatic nitrogens is 1. The molecule has 1 unspecified atom stereocenters. The van der Waals surface area contributed by atoms with Gasteiger partial charge in [0.25, 0.3) is 0 Å². The first kappa shape index (κ1) is 10.2. The predicted molar refractivity (Wildman–Crippen MR) is 55.6 cm³/mol. The van der Waals surface area contributed by atoms with E-state index in [-0.39, 0.29) is 6.04 Å². The molecule has 0 radical (unpaired) electrons. The fraction of sp³-hybridized carbons (Fsp3) is 0.300. The average molecular weight is 197 g/mol. The molecule has 3 heteroatoms. The van der Waals surface area contributed by atoms with Crippen LogP contribution in [0.2, 0.25) is 5.02 Å². The van der Waals surface area contributed by atoms with E-state index in [1.807, 2.05) is 19.9 Å². The molecule has 0 aliphatic heterocycles. The van der Waals surface area contributed by atoms with Gasteiger partial charge in [0.15, 0.2) is 0 Å². The van der Waals surface area contributed by atoms with Crippen molar-refractivity contribution >= 4 is 11.6 Å². The Kier molecular flexibility index (Phi) is 3.46. The second kappa shape index (κ2) is 4.40. The van der Waals surface area contributed by atoms with Crippen LogP contribution in [0.15, 0.2) is 30.0 Å². The molecular formula is C10H13ClN2. The summed E-state index contributed by atoms with van der Waals surface area (Å²) >= 11 is 5.93. The summed E-state index contributed by atoms with van der Waals surface area (Å²) in [4.78, 5) is 4.13. The third kappa shape index (κ3) is 2.83. The highest BCUT2D eigenvalue weighted by Gasteiger charge is 2.07. The summed E-state index contributed by atoms with van der Waals surface area (Å²) in [7, 11) is 0. The lowest BCUT2D eigenvalue weighted by atomic mass is 10.1. The van der Waals surface area contributed by atoms with E-state index in [1.165, 1.54) is 0 Å². The quantitative estimate of drug-likeness (QED) is 0.739. The highest BCUT2D eigenvalue weighted by Crippen LogP contribution is 2.19. The molecule has 0 aliphatic rings. The Morgan fingerprint density at radius 1 is 1.62 bits per heavy atom. The first-order valence-electron chi connectivity index (χ1n) is 4.12. The van der Waals surface area contributed by atoms with Gasteiger partial charge in [-0.1, -0.05) is 23.3 Å². The maximum atomic E-state index is 5.93. The topological polar surface area (TPSA) is 38.9 Å². The van der Waals surface area contributed by atoms with E-state index in [2.05, 4.69) is 4.98 Å². The van der Waals surface area contributed by atoms with Gasteiger partial charge >= 0.3 is 0 Å². The van der Waals surface area contributed by atoms with Crippen molar-refractivity contribution in [1.29, 1.82) is 0 Å². The molecule has 13 heavy (non-hydrogen) atoms. The van der Waals surface area contributed by atoms with Gasteiger partial charge in [-0.2, -0.15) is 0 Å². The van der Waals surface area contributed by atoms with Gasteiger partial charge in [-0.3, -0.25) is 4.98 Å². The lowest BCUT2D eigenvalue weighted by molar-refractivity contribution is 0.853. The molecule has 1 aromatic heterocycles. The van der Waals surface area contributed by atoms with Crippen LogP contribution in [-0.4, -0.2) is 4.98 Å². The molecule has 2 nitrogen and oxygen atoms in total. The molecular weight excluding hydrogens is 184 g/mol. The third-order valence-corrected chi connectivity index (χ3v) is 1.94. The molecule has 0 aromatic carbocycles. The number of hydrogen-bond acceptors (Lipinski definition) is 2. The van der Waals surface area contributed by atoms with Crippen molar-refractivity contribution in [2.75, 3.05) is 0 Å². The van der Waals surface area contributed by atoms with E-state index < -0.39 is 0 Å². The minimum absolute atomic E-state index is 0.210. The van der Waals surface area contributed by atoms with E-state index in [0.717, 1.165) is 11.3 Å². The fourth-order valence-electron chi connectivity index (χ4n) is 1.08. The molecule has 1 atom stereocenters. The molecule has 1 aromatic rings. The molecule has 0 saturated carbocycles. The monoisotopic (exact) mass is 196 g/mol. The zero-order valence-corrected chi connectivity index (χ0v) is 8.55. The smallest absolute Gasteiger partial charge is 0.0796 e. The van der Waals surface area contributed by atoms with Crippen LogP contribution in [-0.2, 0) is 0 Å². The van der Waals surface area contributed by atoms with Gasteiger partial charge in [-0.25, -0.2) is 0 Å². The summed E-state index contributed by atoms with van der Waals surface area (Å²) in [6.45, 7) is 3.99. The summed E-state index contributed by atoms with van der Waals surface area (Å²) < 4.78 is 0. The third-order valence-electron chi connectivity index (χ3n) is 1.62. The van der Waals surface area contributed by atoms with Crippen molar-refractivity contribution in [2.24, 2.45) is 5.73 Å². The zero-order chi connectivity index (χ0) is 9.84. The van der Waals surface area contributed by atoms with Crippen molar-refractivity contribution in [2.45, 2.75) is 19.9 Å². The number of pyridine rings is 1. The minimum atomic E-state index is -0.210. The Balaban J connectivity index is 2.95. The van der Waals surface area contributed by atoms with Crippen molar-refractivity contribution in [3.05, 3.63) is 40.7 Å². The van der Waals surface area contributed by atoms with Crippen LogP contribution in [0.5, 0.6) is 0 Å². The minimum Gasteiger partial charge on any atom is -0.319 e. The Hall–Kier alpha value is -0.860. The standard InChI is InChI=1S/C10H13ClN2/c1-7(2)6-9(12)10-8(11)4-3-5-13-10/h3-6,9H,12H2,1-2H3. The Labute approximate surface area is 83.4 Å². The van der Waals surface area contributed by atoms with Gasteiger partial charge in [0, 0.05) is 6.20 Å². The summed E-state index contributed by atoms with van der Waals surface area (Å²) in [6, 6.07) is 3.38.